The SMILES string of the molecule is CCCCOCCCCc1ccc(B(O)O)cc1. The maximum Gasteiger partial charge on any atom is 0.488 e. The lowest BCUT2D eigenvalue weighted by Gasteiger charge is -2.05. The molecule has 18 heavy (non-hydrogen) atoms. The monoisotopic (exact) mass is 250 g/mol. The van der Waals surface area contributed by atoms with Gasteiger partial charge in [0.2, 0.25) is 0 Å². The average molecular weight is 250 g/mol. The van der Waals surface area contributed by atoms with E-state index in [4.69, 9.17) is 14.8 Å². The lowest BCUT2D eigenvalue weighted by atomic mass is 9.80. The highest BCUT2D eigenvalue weighted by Crippen LogP contribution is 2.04. The number of hydrogen-bond acceptors (Lipinski definition) is 3. The molecule has 1 aromatic carbocycles. The Kier molecular flexibility index (Phi) is 7.73. The van der Waals surface area contributed by atoms with Crippen molar-refractivity contribution in [2.75, 3.05) is 13.2 Å². The van der Waals surface area contributed by atoms with Gasteiger partial charge < -0.3 is 14.8 Å². The van der Waals surface area contributed by atoms with Gasteiger partial charge in [-0.1, -0.05) is 37.6 Å². The minimum Gasteiger partial charge on any atom is -0.423 e. The molecule has 0 heterocycles. The molecule has 0 saturated heterocycles. The summed E-state index contributed by atoms with van der Waals surface area (Å²) in [6.45, 7) is 3.88. The van der Waals surface area contributed by atoms with Crippen molar-refractivity contribution in [3.63, 3.8) is 0 Å². The van der Waals surface area contributed by atoms with Gasteiger partial charge in [0.05, 0.1) is 0 Å². The Morgan fingerprint density at radius 2 is 1.67 bits per heavy atom. The molecule has 0 radical (unpaired) electrons. The smallest absolute Gasteiger partial charge is 0.423 e. The van der Waals surface area contributed by atoms with Crippen LogP contribution in [0.4, 0.5) is 0 Å². The van der Waals surface area contributed by atoms with Crippen LogP contribution in [-0.4, -0.2) is 30.4 Å². The number of ether oxygens (including phenoxy) is 1. The zero-order valence-electron chi connectivity index (χ0n) is 11.1. The minimum atomic E-state index is -1.37. The van der Waals surface area contributed by atoms with E-state index in [-0.39, 0.29) is 0 Å². The quantitative estimate of drug-likeness (QED) is 0.516. The van der Waals surface area contributed by atoms with Crippen LogP contribution in [0.5, 0.6) is 0 Å². The molecule has 0 amide bonds. The Morgan fingerprint density at radius 1 is 1.00 bits per heavy atom. The molecule has 0 spiro atoms. The molecule has 0 aliphatic carbocycles. The van der Waals surface area contributed by atoms with Gasteiger partial charge in [-0.2, -0.15) is 0 Å². The van der Waals surface area contributed by atoms with E-state index in [1.165, 1.54) is 12.0 Å². The number of unbranched alkanes of at least 4 members (excludes halogenated alkanes) is 2. The van der Waals surface area contributed by atoms with Crippen LogP contribution in [0.1, 0.15) is 38.2 Å². The van der Waals surface area contributed by atoms with E-state index in [0.717, 1.165) is 38.9 Å². The minimum absolute atomic E-state index is 0.543. The molecule has 0 bridgehead atoms. The summed E-state index contributed by atoms with van der Waals surface area (Å²) >= 11 is 0. The lowest BCUT2D eigenvalue weighted by molar-refractivity contribution is 0.127. The highest BCUT2D eigenvalue weighted by Gasteiger charge is 2.09. The fraction of sp³-hybridized carbons (Fsp3) is 0.571. The molecule has 2 N–H and O–H groups in total. The second kappa shape index (κ2) is 9.14. The van der Waals surface area contributed by atoms with E-state index in [2.05, 4.69) is 6.92 Å². The van der Waals surface area contributed by atoms with E-state index < -0.39 is 7.12 Å². The molecule has 3 nitrogen and oxygen atoms in total. The van der Waals surface area contributed by atoms with Crippen LogP contribution in [0.25, 0.3) is 0 Å². The highest BCUT2D eigenvalue weighted by molar-refractivity contribution is 6.58. The van der Waals surface area contributed by atoms with Crippen molar-refractivity contribution < 1.29 is 14.8 Å². The third-order valence-corrected chi connectivity index (χ3v) is 2.92. The van der Waals surface area contributed by atoms with Crippen LogP contribution in [0.2, 0.25) is 0 Å². The predicted molar refractivity (Wildman–Crippen MR) is 74.9 cm³/mol. The molecule has 0 aliphatic rings. The molecule has 100 valence electrons. The Labute approximate surface area is 110 Å². The molecule has 0 fully saturated rings. The zero-order valence-corrected chi connectivity index (χ0v) is 11.1. The summed E-state index contributed by atoms with van der Waals surface area (Å²) in [5, 5.41) is 17.9. The largest absolute Gasteiger partial charge is 0.488 e. The molecule has 1 aromatic rings. The second-order valence-electron chi connectivity index (χ2n) is 4.54. The van der Waals surface area contributed by atoms with E-state index in [0.29, 0.717) is 5.46 Å². The Hall–Kier alpha value is -0.835. The van der Waals surface area contributed by atoms with Gasteiger partial charge in [-0.05, 0) is 36.7 Å². The molecular weight excluding hydrogens is 227 g/mol. The first-order valence-electron chi connectivity index (χ1n) is 6.76. The van der Waals surface area contributed by atoms with Crippen molar-refractivity contribution >= 4 is 12.6 Å². The van der Waals surface area contributed by atoms with Crippen LogP contribution in [0.15, 0.2) is 24.3 Å². The summed E-state index contributed by atoms with van der Waals surface area (Å²) in [4.78, 5) is 0. The molecule has 0 aromatic heterocycles. The third kappa shape index (κ3) is 6.19. The number of rotatable bonds is 9. The van der Waals surface area contributed by atoms with E-state index in [9.17, 15) is 0 Å². The van der Waals surface area contributed by atoms with Crippen LogP contribution in [-0.2, 0) is 11.2 Å². The van der Waals surface area contributed by atoms with Crippen molar-refractivity contribution in [3.8, 4) is 0 Å². The topological polar surface area (TPSA) is 49.7 Å². The van der Waals surface area contributed by atoms with Gasteiger partial charge in [-0.3, -0.25) is 0 Å². The van der Waals surface area contributed by atoms with Gasteiger partial charge in [0.1, 0.15) is 0 Å². The van der Waals surface area contributed by atoms with Gasteiger partial charge >= 0.3 is 7.12 Å². The Bertz CT molecular complexity index is 311. The molecule has 0 aliphatic heterocycles. The molecular formula is C14H23BO3. The van der Waals surface area contributed by atoms with Crippen LogP contribution >= 0.6 is 0 Å². The summed E-state index contributed by atoms with van der Waals surface area (Å²) in [6.07, 6.45) is 5.52. The number of aryl methyl sites for hydroxylation is 1. The summed E-state index contributed by atoms with van der Waals surface area (Å²) in [5.41, 5.74) is 1.77. The summed E-state index contributed by atoms with van der Waals surface area (Å²) in [6, 6.07) is 7.43. The first-order chi connectivity index (χ1) is 8.74. The van der Waals surface area contributed by atoms with Crippen LogP contribution in [0.3, 0.4) is 0 Å². The van der Waals surface area contributed by atoms with Gasteiger partial charge in [0.15, 0.2) is 0 Å². The summed E-state index contributed by atoms with van der Waals surface area (Å²) in [7, 11) is -1.37. The summed E-state index contributed by atoms with van der Waals surface area (Å²) < 4.78 is 5.50. The van der Waals surface area contributed by atoms with Crippen molar-refractivity contribution in [1.82, 2.24) is 0 Å². The van der Waals surface area contributed by atoms with E-state index in [1.54, 1.807) is 12.1 Å². The highest BCUT2D eigenvalue weighted by atomic mass is 16.5. The second-order valence-corrected chi connectivity index (χ2v) is 4.54. The van der Waals surface area contributed by atoms with Crippen molar-refractivity contribution in [2.45, 2.75) is 39.0 Å². The van der Waals surface area contributed by atoms with Crippen molar-refractivity contribution in [1.29, 1.82) is 0 Å². The number of hydrogen-bond donors (Lipinski definition) is 2. The first kappa shape index (κ1) is 15.2. The third-order valence-electron chi connectivity index (χ3n) is 2.92. The Balaban J connectivity index is 2.12. The first-order valence-corrected chi connectivity index (χ1v) is 6.76. The van der Waals surface area contributed by atoms with Gasteiger partial charge in [-0.15, -0.1) is 0 Å². The van der Waals surface area contributed by atoms with Gasteiger partial charge in [0, 0.05) is 13.2 Å². The van der Waals surface area contributed by atoms with Crippen LogP contribution in [0, 0.1) is 0 Å². The fourth-order valence-electron chi connectivity index (χ4n) is 1.74. The van der Waals surface area contributed by atoms with E-state index >= 15 is 0 Å². The van der Waals surface area contributed by atoms with E-state index in [1.807, 2.05) is 12.1 Å². The molecule has 0 atom stereocenters. The zero-order chi connectivity index (χ0) is 13.2. The predicted octanol–water partition coefficient (Wildman–Crippen LogP) is 1.51. The molecule has 0 saturated carbocycles. The molecule has 4 heteroatoms. The lowest BCUT2D eigenvalue weighted by Crippen LogP contribution is -2.29. The maximum atomic E-state index is 8.97. The molecule has 1 rings (SSSR count). The van der Waals surface area contributed by atoms with Gasteiger partial charge in [-0.25, -0.2) is 0 Å². The maximum absolute atomic E-state index is 8.97. The van der Waals surface area contributed by atoms with Crippen molar-refractivity contribution in [2.24, 2.45) is 0 Å². The number of benzene rings is 1. The van der Waals surface area contributed by atoms with Gasteiger partial charge in [0.25, 0.3) is 0 Å². The van der Waals surface area contributed by atoms with Crippen LogP contribution < -0.4 is 5.46 Å². The summed E-state index contributed by atoms with van der Waals surface area (Å²) in [5.74, 6) is 0. The Morgan fingerprint density at radius 3 is 2.28 bits per heavy atom. The molecule has 0 unspecified atom stereocenters. The fourth-order valence-corrected chi connectivity index (χ4v) is 1.74. The van der Waals surface area contributed by atoms with Crippen molar-refractivity contribution in [3.05, 3.63) is 29.8 Å². The normalized spacial score (nSPS) is 10.6. The standard InChI is InChI=1S/C14H23BO3/c1-2-3-11-18-12-5-4-6-13-7-9-14(10-8-13)15(16)17/h7-10,16-17H,2-6,11-12H2,1H3. The average Bonchev–Trinajstić information content (AvgIpc) is 2.38.